The van der Waals surface area contributed by atoms with Gasteiger partial charge in [0.2, 0.25) is 5.91 Å². The molecular weight excluding hydrogens is 420 g/mol. The Bertz CT molecular complexity index is 1030. The van der Waals surface area contributed by atoms with Crippen molar-refractivity contribution in [1.29, 1.82) is 0 Å². The lowest BCUT2D eigenvalue weighted by atomic mass is 9.97. The third-order valence-corrected chi connectivity index (χ3v) is 8.04. The van der Waals surface area contributed by atoms with Gasteiger partial charge in [0.15, 0.2) is 0 Å². The van der Waals surface area contributed by atoms with Crippen molar-refractivity contribution in [2.75, 3.05) is 26.2 Å². The number of hydrogen-bond donors (Lipinski definition) is 2. The molecule has 0 saturated carbocycles. The Labute approximate surface area is 181 Å². The molecule has 1 atom stereocenters. The fourth-order valence-corrected chi connectivity index (χ4v) is 6.01. The molecule has 1 amide bonds. The molecule has 0 spiro atoms. The van der Waals surface area contributed by atoms with E-state index in [1.165, 1.54) is 23.8 Å². The van der Waals surface area contributed by atoms with Crippen molar-refractivity contribution in [3.63, 3.8) is 0 Å². The van der Waals surface area contributed by atoms with Crippen molar-refractivity contribution in [2.24, 2.45) is 10.9 Å². The van der Waals surface area contributed by atoms with E-state index < -0.39 is 10.0 Å². The van der Waals surface area contributed by atoms with Crippen LogP contribution in [-0.2, 0) is 14.8 Å². The van der Waals surface area contributed by atoms with Gasteiger partial charge in [0.05, 0.1) is 10.9 Å². The van der Waals surface area contributed by atoms with Gasteiger partial charge in [-0.05, 0) is 55.4 Å². The smallest absolute Gasteiger partial charge is 0.263 e. The molecule has 30 heavy (non-hydrogen) atoms. The number of aliphatic imine (C=N–C) groups is 1. The van der Waals surface area contributed by atoms with Gasteiger partial charge in [-0.2, -0.15) is 0 Å². The van der Waals surface area contributed by atoms with Gasteiger partial charge in [0, 0.05) is 17.0 Å². The van der Waals surface area contributed by atoms with Gasteiger partial charge in [-0.15, -0.1) is 11.3 Å². The first-order valence-electron chi connectivity index (χ1n) is 10.1. The summed E-state index contributed by atoms with van der Waals surface area (Å²) in [6.07, 6.45) is 2.34. The normalized spacial score (nSPS) is 21.2. The Morgan fingerprint density at radius 3 is 2.77 bits per heavy atom. The molecule has 1 aromatic heterocycles. The SMILES string of the molecule is CC1CCN(C(CNC(=O)CN=C2NS(=O)(=O)c3ccccc32)c2cccs2)CC1. The third-order valence-electron chi connectivity index (χ3n) is 5.67. The van der Waals surface area contributed by atoms with E-state index in [-0.39, 0.29) is 29.2 Å². The molecule has 1 fully saturated rings. The van der Waals surface area contributed by atoms with Crippen molar-refractivity contribution >= 4 is 33.1 Å². The predicted molar refractivity (Wildman–Crippen MR) is 118 cm³/mol. The van der Waals surface area contributed by atoms with Gasteiger partial charge < -0.3 is 5.32 Å². The van der Waals surface area contributed by atoms with E-state index >= 15 is 0 Å². The summed E-state index contributed by atoms with van der Waals surface area (Å²) in [4.78, 5) is 20.6. The fraction of sp³-hybridized carbons (Fsp3) is 0.429. The number of hydrogen-bond acceptors (Lipinski definition) is 6. The minimum Gasteiger partial charge on any atom is -0.353 e. The summed E-state index contributed by atoms with van der Waals surface area (Å²) in [5.74, 6) is 0.743. The molecule has 3 heterocycles. The van der Waals surface area contributed by atoms with Crippen LogP contribution in [0.1, 0.15) is 36.2 Å². The minimum atomic E-state index is -3.59. The molecular formula is C21H26N4O3S2. The Morgan fingerprint density at radius 2 is 2.03 bits per heavy atom. The number of nitrogens with zero attached hydrogens (tertiary/aromatic N) is 2. The average Bonchev–Trinajstić information content (AvgIpc) is 3.35. The number of sulfonamides is 1. The van der Waals surface area contributed by atoms with E-state index in [2.05, 4.69) is 38.3 Å². The quantitative estimate of drug-likeness (QED) is 0.713. The summed E-state index contributed by atoms with van der Waals surface area (Å²) in [5, 5.41) is 5.05. The molecule has 4 rings (SSSR count). The van der Waals surface area contributed by atoms with Crippen LogP contribution in [0.2, 0.25) is 0 Å². The molecule has 0 aliphatic carbocycles. The molecule has 1 unspecified atom stereocenters. The van der Waals surface area contributed by atoms with E-state index in [1.807, 2.05) is 6.07 Å². The first-order valence-corrected chi connectivity index (χ1v) is 12.5. The van der Waals surface area contributed by atoms with Crippen LogP contribution in [0, 0.1) is 5.92 Å². The summed E-state index contributed by atoms with van der Waals surface area (Å²) < 4.78 is 26.7. The lowest BCUT2D eigenvalue weighted by molar-refractivity contribution is -0.120. The van der Waals surface area contributed by atoms with Crippen LogP contribution >= 0.6 is 11.3 Å². The van der Waals surface area contributed by atoms with Crippen molar-refractivity contribution in [3.05, 3.63) is 52.2 Å². The standard InChI is InChI=1S/C21H26N4O3S2/c1-15-8-10-25(11-9-15)17(18-6-4-12-29-18)13-22-20(26)14-23-21-16-5-2-3-7-19(16)30(27,28)24-21/h2-7,12,15,17H,8-11,13-14H2,1H3,(H,22,26)(H,23,24). The van der Waals surface area contributed by atoms with E-state index in [0.717, 1.165) is 19.0 Å². The number of carbonyl (C=O) groups is 1. The maximum Gasteiger partial charge on any atom is 0.263 e. The van der Waals surface area contributed by atoms with E-state index in [1.54, 1.807) is 29.5 Å². The van der Waals surface area contributed by atoms with E-state index in [4.69, 9.17) is 0 Å². The summed E-state index contributed by atoms with van der Waals surface area (Å²) in [7, 11) is -3.59. The highest BCUT2D eigenvalue weighted by Crippen LogP contribution is 2.29. The molecule has 7 nitrogen and oxygen atoms in total. The lowest BCUT2D eigenvalue weighted by Gasteiger charge is -2.36. The van der Waals surface area contributed by atoms with Crippen molar-refractivity contribution < 1.29 is 13.2 Å². The molecule has 9 heteroatoms. The van der Waals surface area contributed by atoms with E-state index in [9.17, 15) is 13.2 Å². The monoisotopic (exact) mass is 446 g/mol. The second-order valence-electron chi connectivity index (χ2n) is 7.82. The van der Waals surface area contributed by atoms with Crippen LogP contribution in [-0.4, -0.2) is 51.2 Å². The zero-order valence-electron chi connectivity index (χ0n) is 16.9. The van der Waals surface area contributed by atoms with Crippen LogP contribution in [0.5, 0.6) is 0 Å². The van der Waals surface area contributed by atoms with Crippen LogP contribution in [0.25, 0.3) is 0 Å². The minimum absolute atomic E-state index is 0.125. The molecule has 160 valence electrons. The highest BCUT2D eigenvalue weighted by atomic mass is 32.2. The Kier molecular flexibility index (Phi) is 6.21. The summed E-state index contributed by atoms with van der Waals surface area (Å²) in [5.41, 5.74) is 0.504. The van der Waals surface area contributed by atoms with Gasteiger partial charge in [0.1, 0.15) is 12.4 Å². The van der Waals surface area contributed by atoms with Gasteiger partial charge in [0.25, 0.3) is 10.0 Å². The third kappa shape index (κ3) is 4.58. The van der Waals surface area contributed by atoms with Gasteiger partial charge in [-0.1, -0.05) is 25.1 Å². The Morgan fingerprint density at radius 1 is 1.27 bits per heavy atom. The van der Waals surface area contributed by atoms with E-state index in [0.29, 0.717) is 12.1 Å². The Hall–Kier alpha value is -2.23. The van der Waals surface area contributed by atoms with Crippen LogP contribution in [0.15, 0.2) is 51.7 Å². The second kappa shape index (κ2) is 8.87. The predicted octanol–water partition coefficient (Wildman–Crippen LogP) is 2.38. The fourth-order valence-electron chi connectivity index (χ4n) is 3.90. The number of thiophene rings is 1. The summed E-state index contributed by atoms with van der Waals surface area (Å²) in [6.45, 7) is 4.73. The highest BCUT2D eigenvalue weighted by molar-refractivity contribution is 7.90. The highest BCUT2D eigenvalue weighted by Gasteiger charge is 2.30. The van der Waals surface area contributed by atoms with Gasteiger partial charge in [-0.25, -0.2) is 8.42 Å². The number of carbonyl (C=O) groups excluding carboxylic acids is 1. The molecule has 2 aromatic rings. The Balaban J connectivity index is 1.39. The number of nitrogens with one attached hydrogen (secondary N) is 2. The zero-order valence-corrected chi connectivity index (χ0v) is 18.5. The molecule has 1 saturated heterocycles. The van der Waals surface area contributed by atoms with Crippen LogP contribution in [0.3, 0.4) is 0 Å². The molecule has 2 aliphatic rings. The number of piperidine rings is 1. The average molecular weight is 447 g/mol. The summed E-state index contributed by atoms with van der Waals surface area (Å²) in [6, 6.07) is 10.9. The number of amidine groups is 1. The molecule has 2 aliphatic heterocycles. The molecule has 0 radical (unpaired) electrons. The van der Waals surface area contributed by atoms with Crippen molar-refractivity contribution in [1.82, 2.24) is 14.9 Å². The molecule has 2 N–H and O–H groups in total. The van der Waals surface area contributed by atoms with Gasteiger partial charge >= 0.3 is 0 Å². The van der Waals surface area contributed by atoms with Gasteiger partial charge in [-0.3, -0.25) is 19.4 Å². The van der Waals surface area contributed by atoms with Crippen LogP contribution < -0.4 is 10.0 Å². The number of amides is 1. The lowest BCUT2D eigenvalue weighted by Crippen LogP contribution is -2.42. The second-order valence-corrected chi connectivity index (χ2v) is 10.5. The topological polar surface area (TPSA) is 90.9 Å². The number of rotatable bonds is 6. The first kappa shape index (κ1) is 21.0. The van der Waals surface area contributed by atoms with Crippen molar-refractivity contribution in [3.8, 4) is 0 Å². The maximum atomic E-state index is 12.5. The maximum absolute atomic E-state index is 12.5. The molecule has 0 bridgehead atoms. The molecule has 1 aromatic carbocycles. The number of fused-ring (bicyclic) bond motifs is 1. The number of benzene rings is 1. The zero-order chi connectivity index (χ0) is 21.1. The summed E-state index contributed by atoms with van der Waals surface area (Å²) >= 11 is 1.71. The largest absolute Gasteiger partial charge is 0.353 e. The van der Waals surface area contributed by atoms with Crippen LogP contribution in [0.4, 0.5) is 0 Å². The first-order chi connectivity index (χ1) is 14.4. The number of likely N-dealkylation sites (tertiary alicyclic amines) is 1. The van der Waals surface area contributed by atoms with Crippen molar-refractivity contribution in [2.45, 2.75) is 30.7 Å².